The number of rotatable bonds is 3. The number of hydrogen-bond donors (Lipinski definition) is 2. The SMILES string of the molecule is CNC(=O)C1(C)CCN(Cc2cccc(Cl)c2O)C1. The summed E-state index contributed by atoms with van der Waals surface area (Å²) < 4.78 is 0. The number of phenols is 1. The Morgan fingerprint density at radius 1 is 1.58 bits per heavy atom. The van der Waals surface area contributed by atoms with Gasteiger partial charge in [-0.2, -0.15) is 0 Å². The van der Waals surface area contributed by atoms with Crippen molar-refractivity contribution in [2.45, 2.75) is 19.9 Å². The van der Waals surface area contributed by atoms with Gasteiger partial charge in [0.2, 0.25) is 5.91 Å². The number of likely N-dealkylation sites (tertiary alicyclic amines) is 1. The number of halogens is 1. The van der Waals surface area contributed by atoms with Crippen LogP contribution in [0.25, 0.3) is 0 Å². The minimum atomic E-state index is -0.344. The Morgan fingerprint density at radius 2 is 2.32 bits per heavy atom. The molecule has 0 saturated carbocycles. The zero-order chi connectivity index (χ0) is 14.0. The molecule has 1 heterocycles. The molecule has 1 saturated heterocycles. The van der Waals surface area contributed by atoms with E-state index in [0.717, 1.165) is 18.5 Å². The van der Waals surface area contributed by atoms with E-state index in [1.165, 1.54) is 0 Å². The fraction of sp³-hybridized carbons (Fsp3) is 0.500. The first kappa shape index (κ1) is 14.2. The van der Waals surface area contributed by atoms with Crippen LogP contribution in [-0.4, -0.2) is 36.1 Å². The van der Waals surface area contributed by atoms with Gasteiger partial charge in [0.25, 0.3) is 0 Å². The summed E-state index contributed by atoms with van der Waals surface area (Å²) in [5.41, 5.74) is 0.455. The molecule has 0 aliphatic carbocycles. The second kappa shape index (κ2) is 5.39. The molecule has 2 N–H and O–H groups in total. The van der Waals surface area contributed by atoms with Crippen molar-refractivity contribution in [2.24, 2.45) is 5.41 Å². The highest BCUT2D eigenvalue weighted by Crippen LogP contribution is 2.33. The lowest BCUT2D eigenvalue weighted by Gasteiger charge is -2.23. The fourth-order valence-corrected chi connectivity index (χ4v) is 2.80. The molecular formula is C14H19ClN2O2. The Labute approximate surface area is 118 Å². The molecule has 1 fully saturated rings. The summed E-state index contributed by atoms with van der Waals surface area (Å²) in [5, 5.41) is 13.0. The second-order valence-electron chi connectivity index (χ2n) is 5.35. The van der Waals surface area contributed by atoms with Crippen molar-refractivity contribution in [3.63, 3.8) is 0 Å². The summed E-state index contributed by atoms with van der Waals surface area (Å²) in [6.45, 7) is 4.12. The minimum Gasteiger partial charge on any atom is -0.506 e. The fourth-order valence-electron chi connectivity index (χ4n) is 2.61. The Hall–Kier alpha value is -1.26. The number of phenolic OH excluding ortho intramolecular Hbond substituents is 1. The summed E-state index contributed by atoms with van der Waals surface area (Å²) in [6.07, 6.45) is 0.827. The van der Waals surface area contributed by atoms with E-state index in [9.17, 15) is 9.90 Å². The van der Waals surface area contributed by atoms with E-state index in [-0.39, 0.29) is 17.1 Å². The number of nitrogens with zero attached hydrogens (tertiary/aromatic N) is 1. The monoisotopic (exact) mass is 282 g/mol. The van der Waals surface area contributed by atoms with Crippen molar-refractivity contribution in [1.29, 1.82) is 0 Å². The number of carbonyl (C=O) groups is 1. The molecule has 0 radical (unpaired) electrons. The molecule has 19 heavy (non-hydrogen) atoms. The average molecular weight is 283 g/mol. The summed E-state index contributed by atoms with van der Waals surface area (Å²) in [7, 11) is 1.67. The van der Waals surface area contributed by atoms with E-state index in [1.807, 2.05) is 19.1 Å². The van der Waals surface area contributed by atoms with E-state index in [4.69, 9.17) is 11.6 Å². The van der Waals surface area contributed by atoms with E-state index in [0.29, 0.717) is 18.1 Å². The summed E-state index contributed by atoms with van der Waals surface area (Å²) in [5.74, 6) is 0.211. The van der Waals surface area contributed by atoms with Crippen LogP contribution in [0.2, 0.25) is 5.02 Å². The third kappa shape index (κ3) is 2.85. The molecule has 1 aromatic carbocycles. The molecule has 104 valence electrons. The van der Waals surface area contributed by atoms with Crippen molar-refractivity contribution in [3.05, 3.63) is 28.8 Å². The van der Waals surface area contributed by atoms with Crippen LogP contribution < -0.4 is 5.32 Å². The molecule has 1 atom stereocenters. The Balaban J connectivity index is 2.06. The molecular weight excluding hydrogens is 264 g/mol. The van der Waals surface area contributed by atoms with Crippen molar-refractivity contribution in [1.82, 2.24) is 10.2 Å². The highest BCUT2D eigenvalue weighted by atomic mass is 35.5. The van der Waals surface area contributed by atoms with Gasteiger partial charge in [0.1, 0.15) is 5.75 Å². The number of hydrogen-bond acceptors (Lipinski definition) is 3. The number of benzene rings is 1. The van der Waals surface area contributed by atoms with E-state index in [1.54, 1.807) is 13.1 Å². The maximum absolute atomic E-state index is 11.8. The van der Waals surface area contributed by atoms with Crippen molar-refractivity contribution in [2.75, 3.05) is 20.1 Å². The Morgan fingerprint density at radius 3 is 3.00 bits per heavy atom. The number of carbonyl (C=O) groups excluding carboxylic acids is 1. The maximum Gasteiger partial charge on any atom is 0.227 e. The van der Waals surface area contributed by atoms with Gasteiger partial charge in [0.05, 0.1) is 10.4 Å². The standard InChI is InChI=1S/C14H19ClN2O2/c1-14(13(19)16-2)6-7-17(9-14)8-10-4-3-5-11(15)12(10)18/h3-5,18H,6-9H2,1-2H3,(H,16,19). The van der Waals surface area contributed by atoms with Gasteiger partial charge in [0.15, 0.2) is 0 Å². The normalized spacial score (nSPS) is 23.5. The van der Waals surface area contributed by atoms with Crippen LogP contribution in [0.3, 0.4) is 0 Å². The molecule has 5 heteroatoms. The second-order valence-corrected chi connectivity index (χ2v) is 5.76. The molecule has 2 rings (SSSR count). The molecule has 1 amide bonds. The predicted octanol–water partition coefficient (Wildman–Crippen LogP) is 2.00. The van der Waals surface area contributed by atoms with Gasteiger partial charge in [-0.05, 0) is 26.0 Å². The zero-order valence-electron chi connectivity index (χ0n) is 11.2. The summed E-state index contributed by atoms with van der Waals surface area (Å²) in [4.78, 5) is 14.0. The van der Waals surface area contributed by atoms with Gasteiger partial charge >= 0.3 is 0 Å². The number of para-hydroxylation sites is 1. The zero-order valence-corrected chi connectivity index (χ0v) is 12.0. The van der Waals surface area contributed by atoms with Crippen LogP contribution in [0.5, 0.6) is 5.75 Å². The lowest BCUT2D eigenvalue weighted by Crippen LogP contribution is -2.39. The topological polar surface area (TPSA) is 52.6 Å². The van der Waals surface area contributed by atoms with Crippen molar-refractivity contribution < 1.29 is 9.90 Å². The van der Waals surface area contributed by atoms with E-state index >= 15 is 0 Å². The molecule has 1 aliphatic rings. The molecule has 0 aromatic heterocycles. The predicted molar refractivity (Wildman–Crippen MR) is 75.2 cm³/mol. The third-order valence-corrected chi connectivity index (χ3v) is 4.10. The summed E-state index contributed by atoms with van der Waals surface area (Å²) in [6, 6.07) is 5.35. The van der Waals surface area contributed by atoms with Gasteiger partial charge < -0.3 is 10.4 Å². The van der Waals surface area contributed by atoms with E-state index in [2.05, 4.69) is 10.2 Å². The van der Waals surface area contributed by atoms with Crippen LogP contribution in [0.1, 0.15) is 18.9 Å². The number of aromatic hydroxyl groups is 1. The first-order chi connectivity index (χ1) is 8.96. The third-order valence-electron chi connectivity index (χ3n) is 3.79. The molecule has 0 bridgehead atoms. The van der Waals surface area contributed by atoms with Crippen molar-refractivity contribution in [3.8, 4) is 5.75 Å². The van der Waals surface area contributed by atoms with E-state index < -0.39 is 0 Å². The van der Waals surface area contributed by atoms with Crippen LogP contribution >= 0.6 is 11.6 Å². The molecule has 1 aliphatic heterocycles. The van der Waals surface area contributed by atoms with Gasteiger partial charge in [-0.25, -0.2) is 0 Å². The first-order valence-electron chi connectivity index (χ1n) is 6.37. The smallest absolute Gasteiger partial charge is 0.227 e. The first-order valence-corrected chi connectivity index (χ1v) is 6.75. The number of amides is 1. The lowest BCUT2D eigenvalue weighted by atomic mass is 9.89. The van der Waals surface area contributed by atoms with Crippen LogP contribution in [-0.2, 0) is 11.3 Å². The molecule has 1 unspecified atom stereocenters. The largest absolute Gasteiger partial charge is 0.506 e. The van der Waals surface area contributed by atoms with Gasteiger partial charge in [-0.1, -0.05) is 23.7 Å². The van der Waals surface area contributed by atoms with Gasteiger partial charge in [0, 0.05) is 25.7 Å². The Kier molecular flexibility index (Phi) is 4.02. The summed E-state index contributed by atoms with van der Waals surface area (Å²) >= 11 is 5.90. The Bertz CT molecular complexity index is 492. The minimum absolute atomic E-state index is 0.0744. The van der Waals surface area contributed by atoms with Crippen LogP contribution in [0.4, 0.5) is 0 Å². The molecule has 1 aromatic rings. The maximum atomic E-state index is 11.8. The average Bonchev–Trinajstić information content (AvgIpc) is 2.77. The van der Waals surface area contributed by atoms with Crippen molar-refractivity contribution >= 4 is 17.5 Å². The quantitative estimate of drug-likeness (QED) is 0.892. The molecule has 4 nitrogen and oxygen atoms in total. The van der Waals surface area contributed by atoms with Gasteiger partial charge in [-0.15, -0.1) is 0 Å². The number of nitrogens with one attached hydrogen (secondary N) is 1. The highest BCUT2D eigenvalue weighted by Gasteiger charge is 2.39. The molecule has 0 spiro atoms. The van der Waals surface area contributed by atoms with Gasteiger partial charge in [-0.3, -0.25) is 9.69 Å². The highest BCUT2D eigenvalue weighted by molar-refractivity contribution is 6.32. The van der Waals surface area contributed by atoms with Crippen LogP contribution in [0, 0.1) is 5.41 Å². The van der Waals surface area contributed by atoms with Crippen LogP contribution in [0.15, 0.2) is 18.2 Å². The lowest BCUT2D eigenvalue weighted by molar-refractivity contribution is -0.129.